The fourth-order valence-corrected chi connectivity index (χ4v) is 3.54. The van der Waals surface area contributed by atoms with Crippen LogP contribution in [0.2, 0.25) is 0 Å². The van der Waals surface area contributed by atoms with E-state index in [4.69, 9.17) is 9.15 Å². The summed E-state index contributed by atoms with van der Waals surface area (Å²) in [5, 5.41) is 19.4. The highest BCUT2D eigenvalue weighted by molar-refractivity contribution is 7.99. The highest BCUT2D eigenvalue weighted by Gasteiger charge is 2.16. The Morgan fingerprint density at radius 3 is 2.58 bits per heavy atom. The third-order valence-corrected chi connectivity index (χ3v) is 5.14. The van der Waals surface area contributed by atoms with Gasteiger partial charge in [-0.2, -0.15) is 0 Å². The molecule has 26 heavy (non-hydrogen) atoms. The summed E-state index contributed by atoms with van der Waals surface area (Å²) in [5.74, 6) is 2.81. The van der Waals surface area contributed by atoms with Crippen molar-refractivity contribution < 1.29 is 14.3 Å². The summed E-state index contributed by atoms with van der Waals surface area (Å²) >= 11 is 1.45. The molecule has 1 N–H and O–H groups in total. The molecule has 0 aliphatic heterocycles. The molecular weight excluding hydrogens is 350 g/mol. The van der Waals surface area contributed by atoms with Crippen LogP contribution in [0.25, 0.3) is 11.4 Å². The van der Waals surface area contributed by atoms with E-state index in [1.807, 2.05) is 50.6 Å². The lowest BCUT2D eigenvalue weighted by molar-refractivity contribution is 0.126. The van der Waals surface area contributed by atoms with Crippen LogP contribution in [0.3, 0.4) is 0 Å². The van der Waals surface area contributed by atoms with E-state index in [2.05, 4.69) is 16.3 Å². The Balaban J connectivity index is 1.56. The van der Waals surface area contributed by atoms with Crippen LogP contribution in [0.5, 0.6) is 5.75 Å². The molecule has 138 valence electrons. The van der Waals surface area contributed by atoms with Crippen molar-refractivity contribution in [2.75, 3.05) is 12.4 Å². The van der Waals surface area contributed by atoms with Crippen LogP contribution in [0.15, 0.2) is 40.1 Å². The zero-order valence-corrected chi connectivity index (χ0v) is 16.2. The number of nitrogens with zero attached hydrogens (tertiary/aromatic N) is 3. The number of rotatable bonds is 7. The number of aryl methyl sites for hydroxylation is 3. The maximum absolute atomic E-state index is 10.2. The van der Waals surface area contributed by atoms with Crippen molar-refractivity contribution >= 4 is 11.8 Å². The molecule has 0 saturated carbocycles. The Bertz CT molecular complexity index is 868. The van der Waals surface area contributed by atoms with Gasteiger partial charge in [0.25, 0.3) is 0 Å². The van der Waals surface area contributed by atoms with E-state index in [0.29, 0.717) is 5.75 Å². The van der Waals surface area contributed by atoms with E-state index in [-0.39, 0.29) is 6.61 Å². The summed E-state index contributed by atoms with van der Waals surface area (Å²) < 4.78 is 12.9. The Kier molecular flexibility index (Phi) is 5.68. The topological polar surface area (TPSA) is 73.3 Å². The van der Waals surface area contributed by atoms with Crippen molar-refractivity contribution in [3.63, 3.8) is 0 Å². The Morgan fingerprint density at radius 2 is 1.92 bits per heavy atom. The molecular formula is C19H23N3O3S. The molecule has 0 fully saturated rings. The average molecular weight is 373 g/mol. The van der Waals surface area contributed by atoms with Crippen LogP contribution < -0.4 is 4.74 Å². The molecule has 3 rings (SSSR count). The molecule has 0 bridgehead atoms. The van der Waals surface area contributed by atoms with Crippen LogP contribution in [-0.2, 0) is 7.05 Å². The van der Waals surface area contributed by atoms with Crippen LogP contribution in [0.1, 0.15) is 16.9 Å². The molecule has 0 spiro atoms. The first-order chi connectivity index (χ1) is 12.4. The van der Waals surface area contributed by atoms with Crippen molar-refractivity contribution in [1.29, 1.82) is 0 Å². The van der Waals surface area contributed by atoms with Gasteiger partial charge in [0.05, 0.1) is 17.9 Å². The van der Waals surface area contributed by atoms with Gasteiger partial charge in [-0.25, -0.2) is 0 Å². The number of hydrogen-bond acceptors (Lipinski definition) is 6. The number of furan rings is 1. The first-order valence-corrected chi connectivity index (χ1v) is 9.38. The smallest absolute Gasteiger partial charge is 0.191 e. The lowest BCUT2D eigenvalue weighted by Crippen LogP contribution is -2.20. The number of aliphatic hydroxyl groups is 1. The second-order valence-corrected chi connectivity index (χ2v) is 7.34. The summed E-state index contributed by atoms with van der Waals surface area (Å²) in [4.78, 5) is 0. The molecule has 0 aliphatic carbocycles. The molecule has 0 unspecified atom stereocenters. The van der Waals surface area contributed by atoms with Gasteiger partial charge in [0.15, 0.2) is 11.0 Å². The summed E-state index contributed by atoms with van der Waals surface area (Å²) in [6.07, 6.45) is 1.04. The van der Waals surface area contributed by atoms with Crippen LogP contribution in [0.4, 0.5) is 0 Å². The van der Waals surface area contributed by atoms with Crippen molar-refractivity contribution in [3.05, 3.63) is 47.4 Å². The van der Waals surface area contributed by atoms with Crippen molar-refractivity contribution in [1.82, 2.24) is 14.8 Å². The van der Waals surface area contributed by atoms with E-state index in [9.17, 15) is 5.11 Å². The van der Waals surface area contributed by atoms with Crippen molar-refractivity contribution in [3.8, 4) is 17.1 Å². The fraction of sp³-hybridized carbons (Fsp3) is 0.368. The Hall–Kier alpha value is -2.25. The lowest BCUT2D eigenvalue weighted by atomic mass is 10.1. The van der Waals surface area contributed by atoms with Crippen LogP contribution >= 0.6 is 11.8 Å². The second-order valence-electron chi connectivity index (χ2n) is 6.35. The zero-order valence-electron chi connectivity index (χ0n) is 15.4. The minimum absolute atomic E-state index is 0.238. The number of thioether (sulfide) groups is 1. The van der Waals surface area contributed by atoms with E-state index in [1.54, 1.807) is 6.26 Å². The predicted octanol–water partition coefficient (Wildman–Crippen LogP) is 3.53. The van der Waals surface area contributed by atoms with E-state index in [1.165, 1.54) is 11.8 Å². The minimum atomic E-state index is -0.600. The SMILES string of the molecule is Cc1cc(C)cc(OC[C@H](O)CSc2nnc(-c3ccoc3C)n2C)c1. The summed E-state index contributed by atoms with van der Waals surface area (Å²) in [5.41, 5.74) is 3.21. The Labute approximate surface area is 157 Å². The van der Waals surface area contributed by atoms with Gasteiger partial charge < -0.3 is 18.8 Å². The lowest BCUT2D eigenvalue weighted by Gasteiger charge is -2.13. The average Bonchev–Trinajstić information content (AvgIpc) is 3.15. The molecule has 6 nitrogen and oxygen atoms in total. The Morgan fingerprint density at radius 1 is 1.19 bits per heavy atom. The molecule has 0 saturated heterocycles. The highest BCUT2D eigenvalue weighted by Crippen LogP contribution is 2.26. The standard InChI is InChI=1S/C19H23N3O3S/c1-12-7-13(2)9-16(8-12)25-10-15(23)11-26-19-21-20-18(22(19)4)17-5-6-24-14(17)3/h5-9,15,23H,10-11H2,1-4H3/t15-/m0/s1. The van der Waals surface area contributed by atoms with Gasteiger partial charge in [-0.3, -0.25) is 0 Å². The van der Waals surface area contributed by atoms with E-state index >= 15 is 0 Å². The maximum Gasteiger partial charge on any atom is 0.191 e. The summed E-state index contributed by atoms with van der Waals surface area (Å²) in [6.45, 7) is 6.19. The van der Waals surface area contributed by atoms with Gasteiger partial charge in [-0.05, 0) is 50.1 Å². The first kappa shape index (κ1) is 18.5. The van der Waals surface area contributed by atoms with E-state index in [0.717, 1.165) is 39.2 Å². The molecule has 1 aromatic carbocycles. The predicted molar refractivity (Wildman–Crippen MR) is 102 cm³/mol. The number of ether oxygens (including phenoxy) is 1. The van der Waals surface area contributed by atoms with Crippen molar-refractivity contribution in [2.24, 2.45) is 7.05 Å². The summed E-state index contributed by atoms with van der Waals surface area (Å²) in [7, 11) is 1.91. The summed E-state index contributed by atoms with van der Waals surface area (Å²) in [6, 6.07) is 7.90. The van der Waals surface area contributed by atoms with Gasteiger partial charge in [0.1, 0.15) is 18.1 Å². The third kappa shape index (κ3) is 4.28. The molecule has 7 heteroatoms. The number of aromatic nitrogens is 3. The molecule has 2 aromatic heterocycles. The molecule has 2 heterocycles. The molecule has 3 aromatic rings. The van der Waals surface area contributed by atoms with Gasteiger partial charge in [-0.15, -0.1) is 10.2 Å². The third-order valence-electron chi connectivity index (χ3n) is 3.98. The minimum Gasteiger partial charge on any atom is -0.491 e. The normalized spacial score (nSPS) is 12.3. The van der Waals surface area contributed by atoms with Crippen LogP contribution in [0, 0.1) is 20.8 Å². The number of hydrogen-bond donors (Lipinski definition) is 1. The van der Waals surface area contributed by atoms with Gasteiger partial charge in [0.2, 0.25) is 0 Å². The van der Waals surface area contributed by atoms with Gasteiger partial charge in [0, 0.05) is 12.8 Å². The van der Waals surface area contributed by atoms with Crippen molar-refractivity contribution in [2.45, 2.75) is 32.0 Å². The quantitative estimate of drug-likeness (QED) is 0.639. The van der Waals surface area contributed by atoms with Crippen LogP contribution in [-0.4, -0.2) is 38.3 Å². The highest BCUT2D eigenvalue weighted by atomic mass is 32.2. The molecule has 0 radical (unpaired) electrons. The molecule has 1 atom stereocenters. The first-order valence-electron chi connectivity index (χ1n) is 8.40. The monoisotopic (exact) mass is 373 g/mol. The maximum atomic E-state index is 10.2. The number of benzene rings is 1. The zero-order chi connectivity index (χ0) is 18.7. The second kappa shape index (κ2) is 7.97. The fourth-order valence-electron chi connectivity index (χ4n) is 2.72. The number of aliphatic hydroxyl groups excluding tert-OH is 1. The van der Waals surface area contributed by atoms with E-state index < -0.39 is 6.10 Å². The van der Waals surface area contributed by atoms with Gasteiger partial charge in [-0.1, -0.05) is 17.8 Å². The van der Waals surface area contributed by atoms with Gasteiger partial charge >= 0.3 is 0 Å². The molecule has 0 aliphatic rings. The largest absolute Gasteiger partial charge is 0.491 e. The molecule has 0 amide bonds.